The van der Waals surface area contributed by atoms with Crippen LogP contribution in [-0.2, 0) is 9.53 Å². The van der Waals surface area contributed by atoms with E-state index >= 15 is 0 Å². The lowest BCUT2D eigenvalue weighted by atomic mass is 9.94. The van der Waals surface area contributed by atoms with E-state index in [4.69, 9.17) is 4.74 Å². The molecule has 0 aromatic heterocycles. The van der Waals surface area contributed by atoms with Crippen LogP contribution in [0.5, 0.6) is 0 Å². The molecular weight excluding hydrogens is 242 g/mol. The Morgan fingerprint density at radius 1 is 1.44 bits per heavy atom. The molecule has 0 bridgehead atoms. The molecule has 0 spiro atoms. The van der Waals surface area contributed by atoms with Gasteiger partial charge in [0.15, 0.2) is 0 Å². The van der Waals surface area contributed by atoms with Crippen LogP contribution in [0.3, 0.4) is 0 Å². The number of fused-ring (bicyclic) bond motifs is 1. The lowest BCUT2D eigenvalue weighted by Gasteiger charge is -2.24. The van der Waals surface area contributed by atoms with Crippen molar-refractivity contribution in [3.05, 3.63) is 0 Å². The number of piperidine rings is 1. The number of cyclic esters (lactones) is 1. The Kier molecular flexibility index (Phi) is 3.02. The van der Waals surface area contributed by atoms with E-state index in [0.29, 0.717) is 18.5 Å². The average Bonchev–Trinajstić information content (AvgIpc) is 2.79. The number of rotatable bonds is 2. The maximum Gasteiger partial charge on any atom is 0.377 e. The molecule has 1 N–H and O–H groups in total. The molecule has 3 atom stereocenters. The van der Waals surface area contributed by atoms with Crippen molar-refractivity contribution in [3.63, 3.8) is 0 Å². The summed E-state index contributed by atoms with van der Waals surface area (Å²) in [5.74, 6) is -4.02. The number of esters is 1. The Bertz CT molecular complexity index is 337. The molecule has 0 amide bonds. The maximum atomic E-state index is 13.1. The van der Waals surface area contributed by atoms with Gasteiger partial charge in [-0.2, -0.15) is 8.78 Å². The smallest absolute Gasteiger partial charge is 0.377 e. The second-order valence-electron chi connectivity index (χ2n) is 5.62. The van der Waals surface area contributed by atoms with Gasteiger partial charge in [-0.3, -0.25) is 4.90 Å². The zero-order valence-corrected chi connectivity index (χ0v) is 10.2. The fourth-order valence-corrected chi connectivity index (χ4v) is 3.32. The molecular formula is C12H18F2N2O2. The van der Waals surface area contributed by atoms with Crippen molar-refractivity contribution >= 4 is 5.97 Å². The normalized spacial score (nSPS) is 39.7. The fraction of sp³-hybridized carbons (Fsp3) is 0.917. The minimum atomic E-state index is -3.28. The summed E-state index contributed by atoms with van der Waals surface area (Å²) < 4.78 is 30.8. The van der Waals surface area contributed by atoms with Crippen LogP contribution in [0.15, 0.2) is 0 Å². The van der Waals surface area contributed by atoms with Gasteiger partial charge in [0.2, 0.25) is 0 Å². The SMILES string of the molecule is O=C1OC(CN2CC3CCCNC3C2)CC1(F)F. The Morgan fingerprint density at radius 3 is 2.94 bits per heavy atom. The molecule has 3 fully saturated rings. The van der Waals surface area contributed by atoms with E-state index < -0.39 is 24.4 Å². The highest BCUT2D eigenvalue weighted by atomic mass is 19.3. The van der Waals surface area contributed by atoms with Gasteiger partial charge in [-0.15, -0.1) is 0 Å². The third-order valence-corrected chi connectivity index (χ3v) is 4.19. The number of carbonyl (C=O) groups excluding carboxylic acids is 1. The third-order valence-electron chi connectivity index (χ3n) is 4.19. The summed E-state index contributed by atoms with van der Waals surface area (Å²) in [5.41, 5.74) is 0. The fourth-order valence-electron chi connectivity index (χ4n) is 3.32. The van der Waals surface area contributed by atoms with Gasteiger partial charge >= 0.3 is 11.9 Å². The first kappa shape index (κ1) is 12.3. The second kappa shape index (κ2) is 4.42. The molecule has 0 saturated carbocycles. The summed E-state index contributed by atoms with van der Waals surface area (Å²) in [5, 5.41) is 3.46. The van der Waals surface area contributed by atoms with Crippen molar-refractivity contribution in [1.29, 1.82) is 0 Å². The number of nitrogens with one attached hydrogen (secondary N) is 1. The predicted molar refractivity (Wildman–Crippen MR) is 60.4 cm³/mol. The minimum Gasteiger partial charge on any atom is -0.456 e. The molecule has 3 aliphatic rings. The minimum absolute atomic E-state index is 0.440. The molecule has 3 rings (SSSR count). The van der Waals surface area contributed by atoms with Gasteiger partial charge in [0.1, 0.15) is 6.10 Å². The number of hydrogen-bond donors (Lipinski definition) is 1. The number of halogens is 2. The number of carbonyl (C=O) groups is 1. The van der Waals surface area contributed by atoms with Crippen LogP contribution >= 0.6 is 0 Å². The molecule has 3 unspecified atom stereocenters. The number of hydrogen-bond acceptors (Lipinski definition) is 4. The molecule has 102 valence electrons. The van der Waals surface area contributed by atoms with E-state index in [1.807, 2.05) is 0 Å². The van der Waals surface area contributed by atoms with Gasteiger partial charge in [-0.25, -0.2) is 4.79 Å². The molecule has 3 aliphatic heterocycles. The summed E-state index contributed by atoms with van der Waals surface area (Å²) in [6.07, 6.45) is 1.28. The van der Waals surface area contributed by atoms with Crippen molar-refractivity contribution in [3.8, 4) is 0 Å². The first-order valence-electron chi connectivity index (χ1n) is 6.59. The maximum absolute atomic E-state index is 13.1. The van der Waals surface area contributed by atoms with Gasteiger partial charge < -0.3 is 10.1 Å². The summed E-state index contributed by atoms with van der Waals surface area (Å²) in [4.78, 5) is 13.1. The summed E-state index contributed by atoms with van der Waals surface area (Å²) in [6.45, 7) is 3.29. The second-order valence-corrected chi connectivity index (χ2v) is 5.62. The lowest BCUT2D eigenvalue weighted by molar-refractivity contribution is -0.159. The van der Waals surface area contributed by atoms with Crippen molar-refractivity contribution < 1.29 is 18.3 Å². The van der Waals surface area contributed by atoms with Crippen molar-refractivity contribution in [2.75, 3.05) is 26.2 Å². The van der Waals surface area contributed by atoms with Gasteiger partial charge in [0.25, 0.3) is 0 Å². The molecule has 6 heteroatoms. The van der Waals surface area contributed by atoms with Crippen LogP contribution in [0.4, 0.5) is 8.78 Å². The van der Waals surface area contributed by atoms with Crippen LogP contribution in [0.25, 0.3) is 0 Å². The zero-order valence-electron chi connectivity index (χ0n) is 10.2. The average molecular weight is 260 g/mol. The van der Waals surface area contributed by atoms with Gasteiger partial charge in [-0.1, -0.05) is 0 Å². The largest absolute Gasteiger partial charge is 0.456 e. The molecule has 3 saturated heterocycles. The molecule has 0 aromatic rings. The highest BCUT2D eigenvalue weighted by Crippen LogP contribution is 2.32. The van der Waals surface area contributed by atoms with Crippen LogP contribution in [0, 0.1) is 5.92 Å². The lowest BCUT2D eigenvalue weighted by Crippen LogP contribution is -2.41. The number of ether oxygens (including phenoxy) is 1. The Labute approximate surface area is 105 Å². The summed E-state index contributed by atoms with van der Waals surface area (Å²) in [7, 11) is 0. The van der Waals surface area contributed by atoms with E-state index in [2.05, 4.69) is 10.2 Å². The van der Waals surface area contributed by atoms with E-state index in [9.17, 15) is 13.6 Å². The molecule has 3 heterocycles. The van der Waals surface area contributed by atoms with Crippen LogP contribution < -0.4 is 5.32 Å². The van der Waals surface area contributed by atoms with E-state index in [-0.39, 0.29) is 0 Å². The number of nitrogens with zero attached hydrogens (tertiary/aromatic N) is 1. The zero-order chi connectivity index (χ0) is 12.8. The Morgan fingerprint density at radius 2 is 2.28 bits per heavy atom. The number of alkyl halides is 2. The first-order valence-corrected chi connectivity index (χ1v) is 6.59. The quantitative estimate of drug-likeness (QED) is 0.739. The molecule has 0 aromatic carbocycles. The van der Waals surface area contributed by atoms with Crippen molar-refractivity contribution in [1.82, 2.24) is 10.2 Å². The van der Waals surface area contributed by atoms with Crippen molar-refractivity contribution in [2.45, 2.75) is 37.3 Å². The highest BCUT2D eigenvalue weighted by molar-refractivity contribution is 5.79. The van der Waals surface area contributed by atoms with Gasteiger partial charge in [0, 0.05) is 25.7 Å². The first-order chi connectivity index (χ1) is 8.54. The molecule has 4 nitrogen and oxygen atoms in total. The standard InChI is InChI=1S/C12H18F2N2O2/c13-12(14)4-9(18-11(12)17)6-16-5-8-2-1-3-15-10(8)7-16/h8-10,15H,1-7H2. The van der Waals surface area contributed by atoms with Crippen molar-refractivity contribution in [2.24, 2.45) is 5.92 Å². The monoisotopic (exact) mass is 260 g/mol. The predicted octanol–water partition coefficient (Wildman–Crippen LogP) is 0.621. The van der Waals surface area contributed by atoms with Gasteiger partial charge in [0.05, 0.1) is 6.42 Å². The van der Waals surface area contributed by atoms with Crippen LogP contribution in [0.1, 0.15) is 19.3 Å². The van der Waals surface area contributed by atoms with Crippen LogP contribution in [0.2, 0.25) is 0 Å². The Balaban J connectivity index is 1.54. The van der Waals surface area contributed by atoms with Gasteiger partial charge in [-0.05, 0) is 25.3 Å². The molecule has 18 heavy (non-hydrogen) atoms. The van der Waals surface area contributed by atoms with E-state index in [0.717, 1.165) is 19.6 Å². The number of likely N-dealkylation sites (tertiary alicyclic amines) is 1. The van der Waals surface area contributed by atoms with E-state index in [1.165, 1.54) is 12.8 Å². The summed E-state index contributed by atoms with van der Waals surface area (Å²) in [6, 6.07) is 0.483. The topological polar surface area (TPSA) is 41.6 Å². The highest BCUT2D eigenvalue weighted by Gasteiger charge is 2.51. The van der Waals surface area contributed by atoms with E-state index in [1.54, 1.807) is 0 Å². The Hall–Kier alpha value is -0.750. The summed E-state index contributed by atoms with van der Waals surface area (Å²) >= 11 is 0. The molecule has 0 aliphatic carbocycles. The molecule has 0 radical (unpaired) electrons. The third kappa shape index (κ3) is 2.23. The van der Waals surface area contributed by atoms with Crippen LogP contribution in [-0.4, -0.2) is 55.1 Å².